The Morgan fingerprint density at radius 2 is 1.03 bits per heavy atom. The van der Waals surface area contributed by atoms with Crippen molar-refractivity contribution in [2.24, 2.45) is 5.73 Å². The molecule has 2 atom stereocenters. The lowest BCUT2D eigenvalue weighted by molar-refractivity contribution is -0.121. The topological polar surface area (TPSA) is 185 Å². The molecule has 78 heavy (non-hydrogen) atoms. The first-order valence-corrected chi connectivity index (χ1v) is 28.3. The number of nitrogens with one attached hydrogen (secondary N) is 2. The molecule has 4 heterocycles. The molecule has 2 unspecified atom stereocenters. The molecule has 4 aliphatic heterocycles. The summed E-state index contributed by atoms with van der Waals surface area (Å²) < 4.78 is 22.9. The van der Waals surface area contributed by atoms with E-state index in [0.717, 1.165) is 77.0 Å². The van der Waals surface area contributed by atoms with Gasteiger partial charge in [-0.05, 0) is 114 Å². The second-order valence-electron chi connectivity index (χ2n) is 20.9. The molecule has 4 aliphatic rings. The van der Waals surface area contributed by atoms with Gasteiger partial charge >= 0.3 is 0 Å². The molecule has 0 aromatic heterocycles. The summed E-state index contributed by atoms with van der Waals surface area (Å²) >= 11 is 26.0. The van der Waals surface area contributed by atoms with E-state index in [1.54, 1.807) is 21.9 Å². The van der Waals surface area contributed by atoms with E-state index in [0.29, 0.717) is 129 Å². The van der Waals surface area contributed by atoms with Gasteiger partial charge in [-0.1, -0.05) is 70.7 Å². The third-order valence-electron chi connectivity index (χ3n) is 15.2. The average molecular weight is 1150 g/mol. The molecule has 0 radical (unpaired) electrons. The van der Waals surface area contributed by atoms with Crippen molar-refractivity contribution in [3.63, 3.8) is 0 Å². The molecule has 0 bridgehead atoms. The Labute approximate surface area is 477 Å². The molecule has 4 aromatic carbocycles. The Morgan fingerprint density at radius 1 is 0.603 bits per heavy atom. The number of hydrogen-bond donors (Lipinski definition) is 3. The average Bonchev–Trinajstić information content (AvgIpc) is 3.98. The standard InChI is InChI=1S/C58H71Cl4N7O9/c1-66-34-48(46-28-42(59)30-52(61)50(46)36-66)38-4-6-40-32-68(56(73)44(40)26-38)15-20-77-24-22-75-18-13-64-54(71)8-11-58(63,10-3-17-70)12-9-55(72)65-14-19-76-23-25-78-21-16-69-33-41-7-5-39(27-45(41)57(69)74)49-35-67(2)37-51-47(49)29-43(60)31-53(51)62/h4-7,17,26-31,48-49H,3,8-16,18-25,32-37,63H2,1-2H3,(H,64,71)(H,65,72). The molecule has 4 aromatic rings. The minimum atomic E-state index is -0.874. The van der Waals surface area contributed by atoms with E-state index >= 15 is 0 Å². The molecule has 0 spiro atoms. The van der Waals surface area contributed by atoms with Gasteiger partial charge in [0.05, 0.1) is 52.9 Å². The second kappa shape index (κ2) is 28.1. The molecule has 0 fully saturated rings. The van der Waals surface area contributed by atoms with Crippen LogP contribution in [0.25, 0.3) is 0 Å². The van der Waals surface area contributed by atoms with E-state index in [2.05, 4.69) is 46.7 Å². The number of benzene rings is 4. The van der Waals surface area contributed by atoms with Crippen LogP contribution in [0.2, 0.25) is 20.1 Å². The third kappa shape index (κ3) is 15.6. The number of carbonyl (C=O) groups is 5. The van der Waals surface area contributed by atoms with Gasteiger partial charge in [-0.15, -0.1) is 0 Å². The zero-order valence-corrected chi connectivity index (χ0v) is 47.6. The number of nitrogens with two attached hydrogens (primary N) is 1. The van der Waals surface area contributed by atoms with E-state index in [9.17, 15) is 24.0 Å². The van der Waals surface area contributed by atoms with Gasteiger partial charge in [0.1, 0.15) is 6.29 Å². The number of amides is 4. The quantitative estimate of drug-likeness (QED) is 0.0358. The Balaban J connectivity index is 0.634. The van der Waals surface area contributed by atoms with Crippen LogP contribution in [0.3, 0.4) is 0 Å². The highest BCUT2D eigenvalue weighted by atomic mass is 35.5. The van der Waals surface area contributed by atoms with Gasteiger partial charge in [-0.2, -0.15) is 0 Å². The summed E-state index contributed by atoms with van der Waals surface area (Å²) in [5, 5.41) is 8.20. The Bertz CT molecular complexity index is 2630. The summed E-state index contributed by atoms with van der Waals surface area (Å²) in [5.74, 6) is -0.351. The van der Waals surface area contributed by atoms with E-state index in [4.69, 9.17) is 71.1 Å². The highest BCUT2D eigenvalue weighted by Gasteiger charge is 2.34. The summed E-state index contributed by atoms with van der Waals surface area (Å²) in [7, 11) is 4.13. The molecule has 8 rings (SSSR count). The van der Waals surface area contributed by atoms with Crippen molar-refractivity contribution in [3.8, 4) is 0 Å². The minimum absolute atomic E-state index is 0.0170. The minimum Gasteiger partial charge on any atom is -0.377 e. The molecule has 420 valence electrons. The van der Waals surface area contributed by atoms with E-state index < -0.39 is 5.54 Å². The molecule has 0 saturated heterocycles. The van der Waals surface area contributed by atoms with E-state index in [-0.39, 0.29) is 67.9 Å². The lowest BCUT2D eigenvalue weighted by atomic mass is 9.84. The van der Waals surface area contributed by atoms with Crippen LogP contribution in [0.15, 0.2) is 60.7 Å². The maximum absolute atomic E-state index is 13.4. The molecule has 4 amide bonds. The Morgan fingerprint density at radius 3 is 1.45 bits per heavy atom. The van der Waals surface area contributed by atoms with Crippen LogP contribution in [0, 0.1) is 0 Å². The van der Waals surface area contributed by atoms with Crippen molar-refractivity contribution < 1.29 is 42.9 Å². The number of fused-ring (bicyclic) bond motifs is 4. The summed E-state index contributed by atoms with van der Waals surface area (Å²) in [6.07, 6.45) is 2.25. The SMILES string of the molecule is CN1Cc2c(Cl)cc(Cl)cc2C(c2ccc3c(c2)C(=O)N(CCOCCOCCNC(=O)CCC(N)(CCC=O)CCC(=O)NCCOCCOCCN2Cc4ccc(C5CN(C)Cc6c(Cl)cc(Cl)cc65)cc4C2=O)C3)C1. The molecular weight excluding hydrogens is 1080 g/mol. The molecule has 20 heteroatoms. The summed E-state index contributed by atoms with van der Waals surface area (Å²) in [6, 6.07) is 19.8. The van der Waals surface area contributed by atoms with Crippen molar-refractivity contribution in [1.29, 1.82) is 0 Å². The predicted molar refractivity (Wildman–Crippen MR) is 302 cm³/mol. The van der Waals surface area contributed by atoms with Gasteiger partial charge in [-0.3, -0.25) is 19.2 Å². The van der Waals surface area contributed by atoms with Gasteiger partial charge in [0.2, 0.25) is 11.8 Å². The number of halogens is 4. The van der Waals surface area contributed by atoms with Crippen molar-refractivity contribution in [1.82, 2.24) is 30.2 Å². The summed E-state index contributed by atoms with van der Waals surface area (Å²) in [5.41, 5.74) is 15.6. The second-order valence-corrected chi connectivity index (χ2v) is 22.6. The normalized spacial score (nSPS) is 17.9. The monoisotopic (exact) mass is 1150 g/mol. The van der Waals surface area contributed by atoms with Crippen LogP contribution in [-0.4, -0.2) is 161 Å². The van der Waals surface area contributed by atoms with E-state index in [1.807, 2.05) is 36.4 Å². The highest BCUT2D eigenvalue weighted by Crippen LogP contribution is 2.41. The van der Waals surface area contributed by atoms with Gasteiger partial charge in [0, 0.05) is 133 Å². The number of likely N-dealkylation sites (N-methyl/N-ethyl adjacent to an activating group) is 2. The first kappa shape index (κ1) is 59.4. The fourth-order valence-electron chi connectivity index (χ4n) is 11.0. The summed E-state index contributed by atoms with van der Waals surface area (Å²) in [6.45, 7) is 8.21. The van der Waals surface area contributed by atoms with Crippen LogP contribution in [0.1, 0.15) is 116 Å². The maximum Gasteiger partial charge on any atom is 0.254 e. The van der Waals surface area contributed by atoms with Crippen molar-refractivity contribution in [2.75, 3.05) is 106 Å². The van der Waals surface area contributed by atoms with Crippen LogP contribution in [0.5, 0.6) is 0 Å². The lowest BCUT2D eigenvalue weighted by Gasteiger charge is -2.33. The van der Waals surface area contributed by atoms with Crippen LogP contribution in [0.4, 0.5) is 0 Å². The molecule has 0 saturated carbocycles. The van der Waals surface area contributed by atoms with Gasteiger partial charge < -0.3 is 59.7 Å². The zero-order valence-electron chi connectivity index (χ0n) is 44.5. The van der Waals surface area contributed by atoms with Crippen LogP contribution in [-0.2, 0) is 59.5 Å². The predicted octanol–water partition coefficient (Wildman–Crippen LogP) is 7.60. The number of carbonyl (C=O) groups excluding carboxylic acids is 5. The lowest BCUT2D eigenvalue weighted by Crippen LogP contribution is -2.43. The molecule has 16 nitrogen and oxygen atoms in total. The number of nitrogens with zero attached hydrogens (tertiary/aromatic N) is 4. The fraction of sp³-hybridized carbons (Fsp3) is 0.500. The number of rotatable bonds is 29. The van der Waals surface area contributed by atoms with Crippen LogP contribution < -0.4 is 16.4 Å². The fourth-order valence-corrected chi connectivity index (χ4v) is 12.1. The first-order valence-electron chi connectivity index (χ1n) is 26.8. The third-order valence-corrected chi connectivity index (χ3v) is 16.3. The smallest absolute Gasteiger partial charge is 0.254 e. The molecular formula is C58H71Cl4N7O9. The molecule has 4 N–H and O–H groups in total. The van der Waals surface area contributed by atoms with Gasteiger partial charge in [0.25, 0.3) is 11.8 Å². The molecule has 0 aliphatic carbocycles. The number of ether oxygens (including phenoxy) is 4. The first-order chi connectivity index (χ1) is 37.6. The maximum atomic E-state index is 13.4. The van der Waals surface area contributed by atoms with Crippen molar-refractivity contribution in [2.45, 2.75) is 82.1 Å². The van der Waals surface area contributed by atoms with Crippen molar-refractivity contribution >= 4 is 76.3 Å². The van der Waals surface area contributed by atoms with E-state index in [1.165, 1.54) is 0 Å². The van der Waals surface area contributed by atoms with Gasteiger partial charge in [-0.25, -0.2) is 0 Å². The highest BCUT2D eigenvalue weighted by molar-refractivity contribution is 6.35. The number of aldehydes is 1. The Hall–Kier alpha value is -4.69. The van der Waals surface area contributed by atoms with Gasteiger partial charge in [0.15, 0.2) is 0 Å². The number of hydrogen-bond acceptors (Lipinski definition) is 12. The largest absolute Gasteiger partial charge is 0.377 e. The summed E-state index contributed by atoms with van der Waals surface area (Å²) in [4.78, 5) is 71.6. The van der Waals surface area contributed by atoms with Crippen LogP contribution >= 0.6 is 46.4 Å². The Kier molecular flexibility index (Phi) is 21.4. The van der Waals surface area contributed by atoms with Crippen molar-refractivity contribution in [3.05, 3.63) is 136 Å². The zero-order chi connectivity index (χ0) is 55.3.